The number of aliphatic hydroxyl groups excluding tert-OH is 1. The molecule has 1 unspecified atom stereocenters. The Kier molecular flexibility index (Phi) is 3.36. The fourth-order valence-corrected chi connectivity index (χ4v) is 1.86. The van der Waals surface area contributed by atoms with Gasteiger partial charge >= 0.3 is 0 Å². The van der Waals surface area contributed by atoms with Crippen molar-refractivity contribution in [2.24, 2.45) is 7.05 Å². The lowest BCUT2D eigenvalue weighted by molar-refractivity contribution is 0.215. The molecule has 0 radical (unpaired) electrons. The number of hydrogen-bond donors (Lipinski definition) is 1. The SMILES string of the molecule is COc1ccc(C(O)c2cn(C)cn2)cc1Cl. The van der Waals surface area contributed by atoms with E-state index in [1.54, 1.807) is 42.4 Å². The van der Waals surface area contributed by atoms with Crippen LogP contribution in [-0.4, -0.2) is 21.8 Å². The van der Waals surface area contributed by atoms with E-state index < -0.39 is 6.10 Å². The zero-order valence-corrected chi connectivity index (χ0v) is 10.3. The predicted molar refractivity (Wildman–Crippen MR) is 65.3 cm³/mol. The second kappa shape index (κ2) is 4.77. The highest BCUT2D eigenvalue weighted by Crippen LogP contribution is 2.29. The number of methoxy groups -OCH3 is 1. The summed E-state index contributed by atoms with van der Waals surface area (Å²) in [4.78, 5) is 4.10. The van der Waals surface area contributed by atoms with E-state index >= 15 is 0 Å². The van der Waals surface area contributed by atoms with Gasteiger partial charge in [-0.3, -0.25) is 0 Å². The number of imidazole rings is 1. The van der Waals surface area contributed by atoms with Crippen molar-refractivity contribution in [1.29, 1.82) is 0 Å². The van der Waals surface area contributed by atoms with E-state index in [0.717, 1.165) is 0 Å². The summed E-state index contributed by atoms with van der Waals surface area (Å²) >= 11 is 6.00. The van der Waals surface area contributed by atoms with Gasteiger partial charge in [-0.05, 0) is 17.7 Å². The molecule has 1 aromatic heterocycles. The predicted octanol–water partition coefficient (Wildman–Crippen LogP) is 2.16. The quantitative estimate of drug-likeness (QED) is 0.911. The van der Waals surface area contributed by atoms with E-state index in [1.807, 2.05) is 7.05 Å². The van der Waals surface area contributed by atoms with Gasteiger partial charge in [0.15, 0.2) is 0 Å². The van der Waals surface area contributed by atoms with Crippen LogP contribution in [0.3, 0.4) is 0 Å². The molecule has 1 heterocycles. The minimum atomic E-state index is -0.778. The molecule has 0 spiro atoms. The summed E-state index contributed by atoms with van der Waals surface area (Å²) < 4.78 is 6.84. The Bertz CT molecular complexity index is 525. The minimum absolute atomic E-state index is 0.472. The topological polar surface area (TPSA) is 47.3 Å². The van der Waals surface area contributed by atoms with Gasteiger partial charge < -0.3 is 14.4 Å². The maximum atomic E-state index is 10.1. The van der Waals surface area contributed by atoms with Gasteiger partial charge in [0.2, 0.25) is 0 Å². The summed E-state index contributed by atoms with van der Waals surface area (Å²) in [6.07, 6.45) is 2.63. The van der Waals surface area contributed by atoms with Crippen LogP contribution in [-0.2, 0) is 7.05 Å². The summed E-state index contributed by atoms with van der Waals surface area (Å²) in [7, 11) is 3.40. The van der Waals surface area contributed by atoms with Crippen LogP contribution in [0.2, 0.25) is 5.02 Å². The zero-order chi connectivity index (χ0) is 12.4. The van der Waals surface area contributed by atoms with Crippen molar-refractivity contribution in [1.82, 2.24) is 9.55 Å². The Morgan fingerprint density at radius 2 is 2.24 bits per heavy atom. The van der Waals surface area contributed by atoms with Crippen molar-refractivity contribution in [2.45, 2.75) is 6.10 Å². The maximum Gasteiger partial charge on any atom is 0.137 e. The summed E-state index contributed by atoms with van der Waals surface area (Å²) in [5.74, 6) is 0.587. The largest absolute Gasteiger partial charge is 0.495 e. The first-order valence-corrected chi connectivity index (χ1v) is 5.49. The Balaban J connectivity index is 2.31. The van der Waals surface area contributed by atoms with Crippen LogP contribution in [0, 0.1) is 0 Å². The van der Waals surface area contributed by atoms with E-state index in [9.17, 15) is 5.11 Å². The number of benzene rings is 1. The van der Waals surface area contributed by atoms with Crippen LogP contribution in [0.5, 0.6) is 5.75 Å². The number of aromatic nitrogens is 2. The van der Waals surface area contributed by atoms with Crippen molar-refractivity contribution in [3.8, 4) is 5.75 Å². The van der Waals surface area contributed by atoms with Gasteiger partial charge in [0.25, 0.3) is 0 Å². The van der Waals surface area contributed by atoms with Gasteiger partial charge in [-0.15, -0.1) is 0 Å². The molecule has 1 aromatic carbocycles. The fraction of sp³-hybridized carbons (Fsp3) is 0.250. The van der Waals surface area contributed by atoms with Gasteiger partial charge in [-0.25, -0.2) is 4.98 Å². The highest BCUT2D eigenvalue weighted by atomic mass is 35.5. The van der Waals surface area contributed by atoms with E-state index in [1.165, 1.54) is 0 Å². The Labute approximate surface area is 104 Å². The first-order chi connectivity index (χ1) is 8.11. The van der Waals surface area contributed by atoms with Crippen molar-refractivity contribution in [3.63, 3.8) is 0 Å². The van der Waals surface area contributed by atoms with Gasteiger partial charge in [-0.1, -0.05) is 17.7 Å². The van der Waals surface area contributed by atoms with Gasteiger partial charge in [0, 0.05) is 13.2 Å². The van der Waals surface area contributed by atoms with Gasteiger partial charge in [-0.2, -0.15) is 0 Å². The summed E-state index contributed by atoms with van der Waals surface area (Å²) in [5, 5.41) is 10.6. The molecule has 0 saturated carbocycles. The molecule has 17 heavy (non-hydrogen) atoms. The molecule has 0 aliphatic heterocycles. The molecule has 0 saturated heterocycles. The Hall–Kier alpha value is -1.52. The van der Waals surface area contributed by atoms with Crippen LogP contribution in [0.4, 0.5) is 0 Å². The number of ether oxygens (including phenoxy) is 1. The molecule has 4 nitrogen and oxygen atoms in total. The van der Waals surface area contributed by atoms with E-state index in [2.05, 4.69) is 4.98 Å². The average molecular weight is 253 g/mol. The second-order valence-corrected chi connectivity index (χ2v) is 4.17. The third-order valence-corrected chi connectivity index (χ3v) is 2.79. The smallest absolute Gasteiger partial charge is 0.137 e. The lowest BCUT2D eigenvalue weighted by atomic mass is 10.1. The number of hydrogen-bond acceptors (Lipinski definition) is 3. The first-order valence-electron chi connectivity index (χ1n) is 5.11. The van der Waals surface area contributed by atoms with Crippen molar-refractivity contribution in [2.75, 3.05) is 7.11 Å². The summed E-state index contributed by atoms with van der Waals surface area (Å²) in [6.45, 7) is 0. The number of aryl methyl sites for hydroxylation is 1. The van der Waals surface area contributed by atoms with Gasteiger partial charge in [0.1, 0.15) is 11.9 Å². The molecule has 2 rings (SSSR count). The number of rotatable bonds is 3. The number of aliphatic hydroxyl groups is 1. The Morgan fingerprint density at radius 1 is 1.47 bits per heavy atom. The van der Waals surface area contributed by atoms with Crippen LogP contribution in [0.25, 0.3) is 0 Å². The lowest BCUT2D eigenvalue weighted by Gasteiger charge is -2.10. The molecular weight excluding hydrogens is 240 g/mol. The van der Waals surface area contributed by atoms with Crippen molar-refractivity contribution >= 4 is 11.6 Å². The normalized spacial score (nSPS) is 12.5. The third-order valence-electron chi connectivity index (χ3n) is 2.50. The molecule has 5 heteroatoms. The molecule has 0 fully saturated rings. The molecule has 0 bridgehead atoms. The molecular formula is C12H13ClN2O2. The van der Waals surface area contributed by atoms with Crippen LogP contribution in [0.1, 0.15) is 17.4 Å². The highest BCUT2D eigenvalue weighted by Gasteiger charge is 2.14. The molecule has 0 aliphatic rings. The van der Waals surface area contributed by atoms with Crippen molar-refractivity contribution < 1.29 is 9.84 Å². The van der Waals surface area contributed by atoms with E-state index in [4.69, 9.17) is 16.3 Å². The Morgan fingerprint density at radius 3 is 2.76 bits per heavy atom. The third kappa shape index (κ3) is 2.43. The molecule has 2 aromatic rings. The minimum Gasteiger partial charge on any atom is -0.495 e. The number of halogens is 1. The molecule has 0 amide bonds. The van der Waals surface area contributed by atoms with E-state index in [-0.39, 0.29) is 0 Å². The molecule has 1 atom stereocenters. The second-order valence-electron chi connectivity index (χ2n) is 3.76. The standard InChI is InChI=1S/C12H13ClN2O2/c1-15-6-10(14-7-15)12(16)8-3-4-11(17-2)9(13)5-8/h3-7,12,16H,1-2H3. The monoisotopic (exact) mass is 252 g/mol. The molecule has 90 valence electrons. The maximum absolute atomic E-state index is 10.1. The first kappa shape index (κ1) is 12.0. The molecule has 1 N–H and O–H groups in total. The fourth-order valence-electron chi connectivity index (χ4n) is 1.60. The highest BCUT2D eigenvalue weighted by molar-refractivity contribution is 6.32. The van der Waals surface area contributed by atoms with Crippen LogP contribution < -0.4 is 4.74 Å². The summed E-state index contributed by atoms with van der Waals surface area (Å²) in [6, 6.07) is 5.17. The van der Waals surface area contributed by atoms with Crippen molar-refractivity contribution in [3.05, 3.63) is 47.0 Å². The van der Waals surface area contributed by atoms with Crippen LogP contribution >= 0.6 is 11.6 Å². The van der Waals surface area contributed by atoms with E-state index in [0.29, 0.717) is 22.0 Å². The zero-order valence-electron chi connectivity index (χ0n) is 9.59. The lowest BCUT2D eigenvalue weighted by Crippen LogP contribution is -2.00. The number of nitrogens with zero attached hydrogens (tertiary/aromatic N) is 2. The average Bonchev–Trinajstić information content (AvgIpc) is 2.75. The van der Waals surface area contributed by atoms with Gasteiger partial charge in [0.05, 0.1) is 24.2 Å². The van der Waals surface area contributed by atoms with Crippen LogP contribution in [0.15, 0.2) is 30.7 Å². The molecule has 0 aliphatic carbocycles. The summed E-state index contributed by atoms with van der Waals surface area (Å²) in [5.41, 5.74) is 1.28.